The number of pyridine rings is 1. The van der Waals surface area contributed by atoms with Gasteiger partial charge in [0.2, 0.25) is 5.88 Å². The Bertz CT molecular complexity index is 596. The van der Waals surface area contributed by atoms with Crippen molar-refractivity contribution in [2.45, 2.75) is 12.5 Å². The van der Waals surface area contributed by atoms with Crippen molar-refractivity contribution in [1.29, 1.82) is 0 Å². The number of rotatable bonds is 4. The van der Waals surface area contributed by atoms with Crippen LogP contribution in [0.4, 0.5) is 0 Å². The Morgan fingerprint density at radius 1 is 1.30 bits per heavy atom. The van der Waals surface area contributed by atoms with Gasteiger partial charge >= 0.3 is 5.97 Å². The molecule has 0 saturated carbocycles. The van der Waals surface area contributed by atoms with E-state index < -0.39 is 12.0 Å². The molecule has 5 heteroatoms. The van der Waals surface area contributed by atoms with E-state index >= 15 is 0 Å². The van der Waals surface area contributed by atoms with Gasteiger partial charge in [-0.15, -0.1) is 0 Å². The molecule has 1 heterocycles. The Morgan fingerprint density at radius 3 is 2.60 bits per heavy atom. The van der Waals surface area contributed by atoms with Crippen molar-refractivity contribution in [1.82, 2.24) is 4.98 Å². The highest BCUT2D eigenvalue weighted by Crippen LogP contribution is 2.22. The maximum Gasteiger partial charge on any atom is 0.322 e. The SMILES string of the molecule is COC(=O)[C@@H](N)Cc1ccc(-c2ccnc(O)c2)cc1. The van der Waals surface area contributed by atoms with Crippen LogP contribution in [0, 0.1) is 0 Å². The average Bonchev–Trinajstić information content (AvgIpc) is 2.47. The van der Waals surface area contributed by atoms with Crippen molar-refractivity contribution < 1.29 is 14.6 Å². The van der Waals surface area contributed by atoms with E-state index in [1.165, 1.54) is 7.11 Å². The number of carbonyl (C=O) groups excluding carboxylic acids is 1. The molecule has 0 aliphatic carbocycles. The standard InChI is InChI=1S/C15H16N2O3/c1-20-15(19)13(16)8-10-2-4-11(5-3-10)12-6-7-17-14(18)9-12/h2-7,9,13H,8,16H2,1H3,(H,17,18)/t13-/m0/s1. The molecule has 5 nitrogen and oxygen atoms in total. The molecule has 1 atom stereocenters. The normalized spacial score (nSPS) is 11.9. The second kappa shape index (κ2) is 6.16. The molecule has 0 fully saturated rings. The molecule has 2 rings (SSSR count). The summed E-state index contributed by atoms with van der Waals surface area (Å²) in [5, 5.41) is 9.36. The van der Waals surface area contributed by atoms with Gasteiger partial charge in [-0.25, -0.2) is 4.98 Å². The van der Waals surface area contributed by atoms with Gasteiger partial charge in [0.15, 0.2) is 0 Å². The van der Waals surface area contributed by atoms with E-state index in [2.05, 4.69) is 9.72 Å². The maximum absolute atomic E-state index is 11.3. The van der Waals surface area contributed by atoms with E-state index in [1.807, 2.05) is 30.3 Å². The minimum absolute atomic E-state index is 0.0145. The second-order valence-corrected chi connectivity index (χ2v) is 4.43. The predicted octanol–water partition coefficient (Wildman–Crippen LogP) is 1.50. The Balaban J connectivity index is 2.12. The summed E-state index contributed by atoms with van der Waals surface area (Å²) in [6.07, 6.45) is 1.97. The third kappa shape index (κ3) is 3.33. The summed E-state index contributed by atoms with van der Waals surface area (Å²) in [5.74, 6) is -0.438. The third-order valence-corrected chi connectivity index (χ3v) is 2.99. The first kappa shape index (κ1) is 14.0. The van der Waals surface area contributed by atoms with Gasteiger partial charge in [0.25, 0.3) is 0 Å². The molecular formula is C15H16N2O3. The molecule has 0 unspecified atom stereocenters. The monoisotopic (exact) mass is 272 g/mol. The molecule has 20 heavy (non-hydrogen) atoms. The smallest absolute Gasteiger partial charge is 0.322 e. The summed E-state index contributed by atoms with van der Waals surface area (Å²) in [6.45, 7) is 0. The molecule has 104 valence electrons. The van der Waals surface area contributed by atoms with Gasteiger partial charge < -0.3 is 15.6 Å². The van der Waals surface area contributed by atoms with E-state index in [0.717, 1.165) is 16.7 Å². The quantitative estimate of drug-likeness (QED) is 0.824. The van der Waals surface area contributed by atoms with Crippen LogP contribution in [0.1, 0.15) is 5.56 Å². The van der Waals surface area contributed by atoms with Crippen LogP contribution in [-0.4, -0.2) is 29.2 Å². The van der Waals surface area contributed by atoms with Crippen molar-refractivity contribution in [3.63, 3.8) is 0 Å². The van der Waals surface area contributed by atoms with Crippen LogP contribution in [0.25, 0.3) is 11.1 Å². The number of aromatic nitrogens is 1. The number of hydrogen-bond donors (Lipinski definition) is 2. The molecule has 0 aliphatic rings. The van der Waals surface area contributed by atoms with Crippen LogP contribution >= 0.6 is 0 Å². The molecule has 0 radical (unpaired) electrons. The minimum atomic E-state index is -0.657. The molecule has 3 N–H and O–H groups in total. The van der Waals surface area contributed by atoms with E-state index in [1.54, 1.807) is 12.3 Å². The van der Waals surface area contributed by atoms with E-state index in [9.17, 15) is 9.90 Å². The number of benzene rings is 1. The zero-order chi connectivity index (χ0) is 14.5. The minimum Gasteiger partial charge on any atom is -0.493 e. The van der Waals surface area contributed by atoms with Crippen molar-refractivity contribution in [2.24, 2.45) is 5.73 Å². The van der Waals surface area contributed by atoms with Gasteiger partial charge in [0.05, 0.1) is 7.11 Å². The largest absolute Gasteiger partial charge is 0.493 e. The summed E-state index contributed by atoms with van der Waals surface area (Å²) in [5.41, 5.74) is 8.49. The summed E-state index contributed by atoms with van der Waals surface area (Å²) in [4.78, 5) is 15.0. The van der Waals surface area contributed by atoms with Crippen molar-refractivity contribution >= 4 is 5.97 Å². The van der Waals surface area contributed by atoms with Crippen LogP contribution in [0.3, 0.4) is 0 Å². The first-order valence-corrected chi connectivity index (χ1v) is 6.18. The fourth-order valence-electron chi connectivity index (χ4n) is 1.92. The molecule has 2 aromatic rings. The van der Waals surface area contributed by atoms with Crippen molar-refractivity contribution in [2.75, 3.05) is 7.11 Å². The fourth-order valence-corrected chi connectivity index (χ4v) is 1.92. The Kier molecular flexibility index (Phi) is 4.32. The number of ether oxygens (including phenoxy) is 1. The molecule has 0 spiro atoms. The highest BCUT2D eigenvalue weighted by atomic mass is 16.5. The van der Waals surface area contributed by atoms with Crippen LogP contribution < -0.4 is 5.73 Å². The molecule has 0 amide bonds. The second-order valence-electron chi connectivity index (χ2n) is 4.43. The number of carbonyl (C=O) groups is 1. The Hall–Kier alpha value is -2.40. The van der Waals surface area contributed by atoms with E-state index in [-0.39, 0.29) is 5.88 Å². The number of esters is 1. The van der Waals surface area contributed by atoms with Gasteiger partial charge in [-0.05, 0) is 29.2 Å². The highest BCUT2D eigenvalue weighted by Gasteiger charge is 2.14. The lowest BCUT2D eigenvalue weighted by atomic mass is 10.0. The number of hydrogen-bond acceptors (Lipinski definition) is 5. The van der Waals surface area contributed by atoms with Crippen LogP contribution in [-0.2, 0) is 16.0 Å². The van der Waals surface area contributed by atoms with Gasteiger partial charge in [-0.2, -0.15) is 0 Å². The van der Waals surface area contributed by atoms with Crippen LogP contribution in [0.5, 0.6) is 5.88 Å². The van der Waals surface area contributed by atoms with Gasteiger partial charge in [0.1, 0.15) is 6.04 Å². The summed E-state index contributed by atoms with van der Waals surface area (Å²) in [7, 11) is 1.32. The van der Waals surface area contributed by atoms with Crippen molar-refractivity contribution in [3.8, 4) is 17.0 Å². The zero-order valence-electron chi connectivity index (χ0n) is 11.1. The fraction of sp³-hybridized carbons (Fsp3) is 0.200. The summed E-state index contributed by atoms with van der Waals surface area (Å²) < 4.78 is 4.59. The molecule has 0 saturated heterocycles. The average molecular weight is 272 g/mol. The van der Waals surface area contributed by atoms with Crippen molar-refractivity contribution in [3.05, 3.63) is 48.2 Å². The zero-order valence-corrected chi connectivity index (χ0v) is 11.1. The number of aromatic hydroxyl groups is 1. The van der Waals surface area contributed by atoms with Crippen LogP contribution in [0.2, 0.25) is 0 Å². The summed E-state index contributed by atoms with van der Waals surface area (Å²) >= 11 is 0. The lowest BCUT2D eigenvalue weighted by Crippen LogP contribution is -2.33. The molecule has 0 bridgehead atoms. The predicted molar refractivity (Wildman–Crippen MR) is 75.0 cm³/mol. The Morgan fingerprint density at radius 2 is 2.00 bits per heavy atom. The van der Waals surface area contributed by atoms with Gasteiger partial charge in [-0.1, -0.05) is 24.3 Å². The first-order valence-electron chi connectivity index (χ1n) is 6.18. The molecule has 1 aromatic heterocycles. The maximum atomic E-state index is 11.3. The summed E-state index contributed by atoms with van der Waals surface area (Å²) in [6, 6.07) is 10.4. The molecular weight excluding hydrogens is 256 g/mol. The number of methoxy groups -OCH3 is 1. The topological polar surface area (TPSA) is 85.4 Å². The number of nitrogens with zero attached hydrogens (tertiary/aromatic N) is 1. The van der Waals surface area contributed by atoms with Gasteiger partial charge in [-0.3, -0.25) is 4.79 Å². The number of nitrogens with two attached hydrogens (primary N) is 1. The lowest BCUT2D eigenvalue weighted by Gasteiger charge is -2.09. The highest BCUT2D eigenvalue weighted by molar-refractivity contribution is 5.75. The lowest BCUT2D eigenvalue weighted by molar-refractivity contribution is -0.142. The van der Waals surface area contributed by atoms with E-state index in [4.69, 9.17) is 5.73 Å². The Labute approximate surface area is 117 Å². The molecule has 0 aliphatic heterocycles. The van der Waals surface area contributed by atoms with E-state index in [0.29, 0.717) is 6.42 Å². The van der Waals surface area contributed by atoms with Gasteiger partial charge in [0, 0.05) is 12.3 Å². The molecule has 1 aromatic carbocycles. The first-order chi connectivity index (χ1) is 9.60. The van der Waals surface area contributed by atoms with Crippen LogP contribution in [0.15, 0.2) is 42.6 Å². The third-order valence-electron chi connectivity index (χ3n) is 2.99.